The third-order valence-electron chi connectivity index (χ3n) is 3.68. The Bertz CT molecular complexity index is 729. The van der Waals surface area contributed by atoms with Crippen LogP contribution in [0.2, 0.25) is 0 Å². The van der Waals surface area contributed by atoms with Gasteiger partial charge in [0.2, 0.25) is 0 Å². The maximum atomic E-state index is 11.7. The third kappa shape index (κ3) is 4.22. The molecule has 1 N–H and O–H groups in total. The van der Waals surface area contributed by atoms with Crippen molar-refractivity contribution in [3.63, 3.8) is 0 Å². The summed E-state index contributed by atoms with van der Waals surface area (Å²) in [6.45, 7) is 6.58. The number of carboxylic acid groups (broad SMARTS) is 1. The number of hydrogen-bond acceptors (Lipinski definition) is 2. The van der Waals surface area contributed by atoms with Crippen molar-refractivity contribution in [3.05, 3.63) is 64.7 Å². The van der Waals surface area contributed by atoms with E-state index in [9.17, 15) is 9.90 Å². The van der Waals surface area contributed by atoms with Gasteiger partial charge >= 0.3 is 5.97 Å². The highest BCUT2D eigenvalue weighted by Gasteiger charge is 2.14. The number of rotatable bonds is 6. The summed E-state index contributed by atoms with van der Waals surface area (Å²) in [5.74, 6) is -0.160. The predicted molar refractivity (Wildman–Crippen MR) is 93.7 cm³/mol. The molecule has 0 aliphatic carbocycles. The third-order valence-corrected chi connectivity index (χ3v) is 3.68. The van der Waals surface area contributed by atoms with Gasteiger partial charge in [-0.2, -0.15) is 0 Å². The number of aliphatic carboxylic acids is 1. The number of aryl methyl sites for hydroxylation is 2. The Morgan fingerprint density at radius 3 is 2.48 bits per heavy atom. The molecule has 0 saturated carbocycles. The van der Waals surface area contributed by atoms with Crippen molar-refractivity contribution in [2.45, 2.75) is 27.2 Å². The number of carboxylic acids is 1. The molecule has 0 radical (unpaired) electrons. The van der Waals surface area contributed by atoms with E-state index in [0.717, 1.165) is 28.9 Å². The predicted octanol–water partition coefficient (Wildman–Crippen LogP) is 4.72. The van der Waals surface area contributed by atoms with Crippen molar-refractivity contribution in [2.75, 3.05) is 6.61 Å². The minimum atomic E-state index is -0.932. The molecule has 0 aromatic heterocycles. The van der Waals surface area contributed by atoms with E-state index in [1.165, 1.54) is 0 Å². The van der Waals surface area contributed by atoms with Crippen LogP contribution in [0.1, 0.15) is 35.6 Å². The van der Waals surface area contributed by atoms with Crippen LogP contribution in [0.4, 0.5) is 0 Å². The molecule has 0 spiro atoms. The zero-order valence-corrected chi connectivity index (χ0v) is 13.8. The van der Waals surface area contributed by atoms with Gasteiger partial charge in [0.1, 0.15) is 5.75 Å². The number of hydrogen-bond donors (Lipinski definition) is 1. The fourth-order valence-corrected chi connectivity index (χ4v) is 2.41. The van der Waals surface area contributed by atoms with Crippen LogP contribution in [0.15, 0.2) is 42.5 Å². The summed E-state index contributed by atoms with van der Waals surface area (Å²) in [4.78, 5) is 11.7. The zero-order valence-electron chi connectivity index (χ0n) is 13.8. The Morgan fingerprint density at radius 1 is 1.13 bits per heavy atom. The molecule has 0 amide bonds. The molecule has 2 aromatic rings. The van der Waals surface area contributed by atoms with Crippen LogP contribution in [-0.4, -0.2) is 17.7 Å². The smallest absolute Gasteiger partial charge is 0.336 e. The second-order valence-corrected chi connectivity index (χ2v) is 5.54. The van der Waals surface area contributed by atoms with Gasteiger partial charge in [-0.05, 0) is 60.7 Å². The summed E-state index contributed by atoms with van der Waals surface area (Å²) in [5, 5.41) is 9.61. The van der Waals surface area contributed by atoms with Gasteiger partial charge < -0.3 is 9.84 Å². The maximum Gasteiger partial charge on any atom is 0.336 e. The van der Waals surface area contributed by atoms with Crippen LogP contribution in [0, 0.1) is 13.8 Å². The summed E-state index contributed by atoms with van der Waals surface area (Å²) in [5.41, 5.74) is 3.85. The van der Waals surface area contributed by atoms with Gasteiger partial charge in [-0.3, -0.25) is 0 Å². The lowest BCUT2D eigenvalue weighted by molar-refractivity contribution is -0.130. The molecule has 0 aliphatic heterocycles. The fourth-order valence-electron chi connectivity index (χ4n) is 2.41. The quantitative estimate of drug-likeness (QED) is 0.620. The largest absolute Gasteiger partial charge is 0.494 e. The van der Waals surface area contributed by atoms with Crippen LogP contribution in [0.5, 0.6) is 5.75 Å². The topological polar surface area (TPSA) is 46.5 Å². The lowest BCUT2D eigenvalue weighted by atomic mass is 9.97. The zero-order chi connectivity index (χ0) is 16.8. The lowest BCUT2D eigenvalue weighted by Gasteiger charge is -2.11. The molecule has 0 heterocycles. The molecule has 120 valence electrons. The van der Waals surface area contributed by atoms with Crippen molar-refractivity contribution >= 4 is 17.6 Å². The molecule has 0 atom stereocenters. The second kappa shape index (κ2) is 7.63. The van der Waals surface area contributed by atoms with E-state index >= 15 is 0 Å². The summed E-state index contributed by atoms with van der Waals surface area (Å²) in [6.07, 6.45) is 2.67. The molecule has 0 aliphatic rings. The Labute approximate surface area is 137 Å². The highest BCUT2D eigenvalue weighted by atomic mass is 16.5. The lowest BCUT2D eigenvalue weighted by Crippen LogP contribution is -2.03. The van der Waals surface area contributed by atoms with E-state index in [1.54, 1.807) is 6.08 Å². The minimum Gasteiger partial charge on any atom is -0.494 e. The molecule has 3 nitrogen and oxygen atoms in total. The highest BCUT2D eigenvalue weighted by molar-refractivity contribution is 6.21. The average molecular weight is 310 g/mol. The standard InChI is InChI=1S/C20H22O3/c1-4-11-23-17-9-10-18(15(3)12-17)19(20(21)22)13-16-8-6-5-7-14(16)2/h5-10,12-13H,4,11H2,1-3H3,(H,21,22)/b19-13-. The Balaban J connectivity index is 2.43. The van der Waals surface area contributed by atoms with Gasteiger partial charge in [0, 0.05) is 0 Å². The van der Waals surface area contributed by atoms with E-state index in [4.69, 9.17) is 4.74 Å². The summed E-state index contributed by atoms with van der Waals surface area (Å²) < 4.78 is 5.60. The second-order valence-electron chi connectivity index (χ2n) is 5.54. The Morgan fingerprint density at radius 2 is 1.87 bits per heavy atom. The first kappa shape index (κ1) is 16.8. The first-order chi connectivity index (χ1) is 11.0. The van der Waals surface area contributed by atoms with Crippen LogP contribution < -0.4 is 4.74 Å². The Kier molecular flexibility index (Phi) is 5.58. The van der Waals surface area contributed by atoms with Crippen molar-refractivity contribution < 1.29 is 14.6 Å². The molecule has 23 heavy (non-hydrogen) atoms. The molecule has 0 fully saturated rings. The molecule has 3 heteroatoms. The molecule has 0 bridgehead atoms. The molecular weight excluding hydrogens is 288 g/mol. The van der Waals surface area contributed by atoms with E-state index in [2.05, 4.69) is 6.92 Å². The first-order valence-corrected chi connectivity index (χ1v) is 7.77. The van der Waals surface area contributed by atoms with E-state index in [0.29, 0.717) is 17.7 Å². The molecule has 2 rings (SSSR count). The van der Waals surface area contributed by atoms with E-state index < -0.39 is 5.97 Å². The van der Waals surface area contributed by atoms with Gasteiger partial charge in [0.05, 0.1) is 12.2 Å². The van der Waals surface area contributed by atoms with Crippen LogP contribution in [0.3, 0.4) is 0 Å². The van der Waals surface area contributed by atoms with Crippen molar-refractivity contribution in [1.29, 1.82) is 0 Å². The normalized spacial score (nSPS) is 11.3. The summed E-state index contributed by atoms with van der Waals surface area (Å²) >= 11 is 0. The Hall–Kier alpha value is -2.55. The fraction of sp³-hybridized carbons (Fsp3) is 0.250. The molecule has 0 unspecified atom stereocenters. The van der Waals surface area contributed by atoms with Crippen LogP contribution in [0.25, 0.3) is 11.6 Å². The summed E-state index contributed by atoms with van der Waals surface area (Å²) in [6, 6.07) is 13.3. The molecular formula is C20H22O3. The average Bonchev–Trinajstić information content (AvgIpc) is 2.52. The number of benzene rings is 2. The van der Waals surface area contributed by atoms with Crippen LogP contribution in [-0.2, 0) is 4.79 Å². The SMILES string of the molecule is CCCOc1ccc(/C(=C/c2ccccc2C)C(=O)O)c(C)c1. The van der Waals surface area contributed by atoms with Gasteiger partial charge in [-0.1, -0.05) is 37.3 Å². The molecule has 2 aromatic carbocycles. The van der Waals surface area contributed by atoms with E-state index in [-0.39, 0.29) is 0 Å². The van der Waals surface area contributed by atoms with Crippen molar-refractivity contribution in [2.24, 2.45) is 0 Å². The van der Waals surface area contributed by atoms with Gasteiger partial charge in [-0.25, -0.2) is 4.79 Å². The van der Waals surface area contributed by atoms with Gasteiger partial charge in [0.25, 0.3) is 0 Å². The number of carbonyl (C=O) groups is 1. The first-order valence-electron chi connectivity index (χ1n) is 7.77. The number of ether oxygens (including phenoxy) is 1. The summed E-state index contributed by atoms with van der Waals surface area (Å²) in [7, 11) is 0. The highest BCUT2D eigenvalue weighted by Crippen LogP contribution is 2.26. The minimum absolute atomic E-state index is 0.291. The molecule has 0 saturated heterocycles. The maximum absolute atomic E-state index is 11.7. The monoisotopic (exact) mass is 310 g/mol. The van der Waals surface area contributed by atoms with Crippen molar-refractivity contribution in [1.82, 2.24) is 0 Å². The van der Waals surface area contributed by atoms with Gasteiger partial charge in [-0.15, -0.1) is 0 Å². The van der Waals surface area contributed by atoms with Crippen molar-refractivity contribution in [3.8, 4) is 5.75 Å². The van der Waals surface area contributed by atoms with E-state index in [1.807, 2.05) is 56.3 Å². The van der Waals surface area contributed by atoms with Crippen LogP contribution >= 0.6 is 0 Å². The van der Waals surface area contributed by atoms with Gasteiger partial charge in [0.15, 0.2) is 0 Å².